The van der Waals surface area contributed by atoms with E-state index in [1.165, 1.54) is 12.7 Å². The summed E-state index contributed by atoms with van der Waals surface area (Å²) in [5.41, 5.74) is 0. The lowest BCUT2D eigenvalue weighted by Gasteiger charge is -1.86. The topological polar surface area (TPSA) is 26.3 Å². The van der Waals surface area contributed by atoms with E-state index in [4.69, 9.17) is 0 Å². The van der Waals surface area contributed by atoms with Crippen molar-refractivity contribution in [3.8, 4) is 0 Å². The van der Waals surface area contributed by atoms with Crippen molar-refractivity contribution in [2.24, 2.45) is 0 Å². The third kappa shape index (κ3) is 7.21. The summed E-state index contributed by atoms with van der Waals surface area (Å²) >= 11 is 0. The van der Waals surface area contributed by atoms with Crippen molar-refractivity contribution >= 4 is 6.47 Å². The van der Waals surface area contributed by atoms with Crippen LogP contribution < -0.4 is 0 Å². The highest BCUT2D eigenvalue weighted by Gasteiger charge is 1.76. The van der Waals surface area contributed by atoms with E-state index < -0.39 is 0 Å². The first-order valence-corrected chi connectivity index (χ1v) is 3.16. The number of carbonyl (C=O) groups excluding carboxylic acids is 1. The highest BCUT2D eigenvalue weighted by molar-refractivity contribution is 5.38. The first kappa shape index (κ1) is 8.21. The molecule has 0 bridgehead atoms. The number of hydrogen-bond acceptors (Lipinski definition) is 2. The summed E-state index contributed by atoms with van der Waals surface area (Å²) in [7, 11) is 0. The molecule has 0 aromatic heterocycles. The molecule has 0 heterocycles. The molecule has 2 heteroatoms. The fourth-order valence-electron chi connectivity index (χ4n) is 0.478. The molecule has 0 saturated heterocycles. The van der Waals surface area contributed by atoms with Crippen LogP contribution in [0.15, 0.2) is 12.3 Å². The Bertz CT molecular complexity index is 86.9. The minimum absolute atomic E-state index is 0.419. The van der Waals surface area contributed by atoms with Crippen LogP contribution in [0, 0.1) is 0 Å². The number of unbranched alkanes of at least 4 members (excludes halogenated alkanes) is 2. The highest BCUT2D eigenvalue weighted by atomic mass is 16.5. The van der Waals surface area contributed by atoms with Crippen molar-refractivity contribution in [1.29, 1.82) is 0 Å². The lowest BCUT2D eigenvalue weighted by Crippen LogP contribution is -1.72. The van der Waals surface area contributed by atoms with E-state index >= 15 is 0 Å². The molecule has 0 atom stereocenters. The first-order valence-electron chi connectivity index (χ1n) is 3.16. The number of allylic oxidation sites excluding steroid dienone is 1. The molecular formula is C7H12O2. The highest BCUT2D eigenvalue weighted by Crippen LogP contribution is 1.93. The zero-order valence-corrected chi connectivity index (χ0v) is 5.67. The van der Waals surface area contributed by atoms with Gasteiger partial charge in [-0.15, -0.1) is 0 Å². The summed E-state index contributed by atoms with van der Waals surface area (Å²) in [6, 6.07) is 0. The van der Waals surface area contributed by atoms with E-state index in [9.17, 15) is 4.79 Å². The van der Waals surface area contributed by atoms with Crippen LogP contribution in [0.25, 0.3) is 0 Å². The largest absolute Gasteiger partial charge is 0.437 e. The van der Waals surface area contributed by atoms with Crippen LogP contribution in [0.5, 0.6) is 0 Å². The van der Waals surface area contributed by atoms with Crippen LogP contribution >= 0.6 is 0 Å². The lowest BCUT2D eigenvalue weighted by molar-refractivity contribution is -0.123. The monoisotopic (exact) mass is 128 g/mol. The van der Waals surface area contributed by atoms with Gasteiger partial charge in [0.2, 0.25) is 0 Å². The molecule has 0 aromatic rings. The first-order chi connectivity index (χ1) is 4.41. The zero-order valence-electron chi connectivity index (χ0n) is 5.67. The van der Waals surface area contributed by atoms with Crippen LogP contribution in [-0.2, 0) is 9.53 Å². The van der Waals surface area contributed by atoms with Crippen molar-refractivity contribution < 1.29 is 9.53 Å². The van der Waals surface area contributed by atoms with Gasteiger partial charge in [0.25, 0.3) is 6.47 Å². The van der Waals surface area contributed by atoms with Crippen molar-refractivity contribution in [2.45, 2.75) is 26.2 Å². The van der Waals surface area contributed by atoms with Gasteiger partial charge in [-0.3, -0.25) is 4.79 Å². The molecule has 0 spiro atoms. The third-order valence-electron chi connectivity index (χ3n) is 0.955. The van der Waals surface area contributed by atoms with Crippen molar-refractivity contribution in [3.05, 3.63) is 12.3 Å². The molecule has 2 nitrogen and oxygen atoms in total. The van der Waals surface area contributed by atoms with E-state index in [1.807, 2.05) is 6.08 Å². The Morgan fingerprint density at radius 1 is 1.56 bits per heavy atom. The zero-order chi connectivity index (χ0) is 6.95. The maximum Gasteiger partial charge on any atom is 0.297 e. The molecule has 0 aliphatic heterocycles. The summed E-state index contributed by atoms with van der Waals surface area (Å²) < 4.78 is 4.32. The number of hydrogen-bond donors (Lipinski definition) is 0. The molecule has 9 heavy (non-hydrogen) atoms. The average molecular weight is 128 g/mol. The van der Waals surface area contributed by atoms with Gasteiger partial charge in [-0.05, 0) is 18.9 Å². The molecule has 0 N–H and O–H groups in total. The van der Waals surface area contributed by atoms with Gasteiger partial charge in [0.1, 0.15) is 0 Å². The van der Waals surface area contributed by atoms with Gasteiger partial charge in [-0.2, -0.15) is 0 Å². The standard InChI is InChI=1S/C7H12O2/c1-2-3-4-5-6-9-7-8/h5-7H,2-4H2,1H3/b6-5-. The van der Waals surface area contributed by atoms with E-state index in [2.05, 4.69) is 11.7 Å². The molecule has 0 radical (unpaired) electrons. The molecule has 0 rings (SSSR count). The summed E-state index contributed by atoms with van der Waals surface area (Å²) in [4.78, 5) is 9.56. The Hall–Kier alpha value is -0.790. The SMILES string of the molecule is CCCC/C=C\OC=O. The van der Waals surface area contributed by atoms with Crippen LogP contribution in [-0.4, -0.2) is 6.47 Å². The minimum atomic E-state index is 0.419. The van der Waals surface area contributed by atoms with Crippen molar-refractivity contribution in [1.82, 2.24) is 0 Å². The van der Waals surface area contributed by atoms with Gasteiger partial charge in [0.15, 0.2) is 0 Å². The van der Waals surface area contributed by atoms with Crippen LogP contribution in [0.1, 0.15) is 26.2 Å². The third-order valence-corrected chi connectivity index (χ3v) is 0.955. The smallest absolute Gasteiger partial charge is 0.297 e. The second-order valence-corrected chi connectivity index (χ2v) is 1.75. The molecule has 0 aliphatic carbocycles. The van der Waals surface area contributed by atoms with Gasteiger partial charge < -0.3 is 4.74 Å². The predicted molar refractivity (Wildman–Crippen MR) is 35.8 cm³/mol. The Morgan fingerprint density at radius 3 is 2.89 bits per heavy atom. The minimum Gasteiger partial charge on any atom is -0.437 e. The number of carbonyl (C=O) groups is 1. The van der Waals surface area contributed by atoms with E-state index in [0.717, 1.165) is 12.8 Å². The fraction of sp³-hybridized carbons (Fsp3) is 0.571. The van der Waals surface area contributed by atoms with Crippen LogP contribution in [0.4, 0.5) is 0 Å². The maximum atomic E-state index is 9.56. The van der Waals surface area contributed by atoms with Crippen LogP contribution in [0.2, 0.25) is 0 Å². The summed E-state index contributed by atoms with van der Waals surface area (Å²) in [5, 5.41) is 0. The average Bonchev–Trinajstić information content (AvgIpc) is 1.89. The van der Waals surface area contributed by atoms with Gasteiger partial charge in [0.05, 0.1) is 6.26 Å². The predicted octanol–water partition coefficient (Wildman–Crippen LogP) is 1.86. The quantitative estimate of drug-likeness (QED) is 0.321. The molecule has 52 valence electrons. The molecule has 0 amide bonds. The summed E-state index contributed by atoms with van der Waals surface area (Å²) in [6.07, 6.45) is 6.58. The Kier molecular flexibility index (Phi) is 6.58. The molecule has 0 unspecified atom stereocenters. The van der Waals surface area contributed by atoms with Gasteiger partial charge in [-0.1, -0.05) is 13.3 Å². The summed E-state index contributed by atoms with van der Waals surface area (Å²) in [5.74, 6) is 0. The summed E-state index contributed by atoms with van der Waals surface area (Å²) in [6.45, 7) is 2.54. The fourth-order valence-corrected chi connectivity index (χ4v) is 0.478. The molecule has 0 aromatic carbocycles. The molecule has 0 aliphatic rings. The normalized spacial score (nSPS) is 9.89. The Balaban J connectivity index is 2.94. The second kappa shape index (κ2) is 7.21. The van der Waals surface area contributed by atoms with E-state index in [1.54, 1.807) is 0 Å². The van der Waals surface area contributed by atoms with Crippen molar-refractivity contribution in [3.63, 3.8) is 0 Å². The van der Waals surface area contributed by atoms with Crippen LogP contribution in [0.3, 0.4) is 0 Å². The van der Waals surface area contributed by atoms with E-state index in [0.29, 0.717) is 6.47 Å². The van der Waals surface area contributed by atoms with E-state index in [-0.39, 0.29) is 0 Å². The molecule has 0 saturated carbocycles. The number of ether oxygens (including phenoxy) is 1. The van der Waals surface area contributed by atoms with Gasteiger partial charge in [0, 0.05) is 0 Å². The maximum absolute atomic E-state index is 9.56. The van der Waals surface area contributed by atoms with Gasteiger partial charge >= 0.3 is 0 Å². The Morgan fingerprint density at radius 2 is 2.33 bits per heavy atom. The van der Waals surface area contributed by atoms with Crippen molar-refractivity contribution in [2.75, 3.05) is 0 Å². The molecular weight excluding hydrogens is 116 g/mol. The molecule has 0 fully saturated rings. The Labute approximate surface area is 55.5 Å². The second-order valence-electron chi connectivity index (χ2n) is 1.75. The number of rotatable bonds is 5. The van der Waals surface area contributed by atoms with Gasteiger partial charge in [-0.25, -0.2) is 0 Å². The lowest BCUT2D eigenvalue weighted by atomic mass is 10.2.